The van der Waals surface area contributed by atoms with E-state index in [2.05, 4.69) is 11.6 Å². The fourth-order valence-electron chi connectivity index (χ4n) is 0.910. The number of nitrogens with zero attached hydrogens (tertiary/aromatic N) is 1. The molecular formula is C9H13N3. The fourth-order valence-corrected chi connectivity index (χ4v) is 0.910. The van der Waals surface area contributed by atoms with Crippen LogP contribution in [0.3, 0.4) is 0 Å². The van der Waals surface area contributed by atoms with Crippen molar-refractivity contribution in [3.8, 4) is 0 Å². The molecule has 0 aliphatic heterocycles. The average molecular weight is 163 g/mol. The van der Waals surface area contributed by atoms with E-state index in [9.17, 15) is 0 Å². The summed E-state index contributed by atoms with van der Waals surface area (Å²) in [4.78, 5) is 4.24. The number of hydrogen-bond donors (Lipinski definition) is 2. The summed E-state index contributed by atoms with van der Waals surface area (Å²) in [6.45, 7) is 4.03. The van der Waals surface area contributed by atoms with Crippen molar-refractivity contribution in [2.75, 3.05) is 6.54 Å². The maximum absolute atomic E-state index is 5.70. The highest BCUT2D eigenvalue weighted by atomic mass is 14.8. The largest absolute Gasteiger partial charge is 0.329 e. The third-order valence-corrected chi connectivity index (χ3v) is 1.64. The molecule has 3 nitrogen and oxygen atoms in total. The van der Waals surface area contributed by atoms with E-state index in [0.717, 1.165) is 11.4 Å². The molecule has 0 fully saturated rings. The zero-order chi connectivity index (χ0) is 8.97. The summed E-state index contributed by atoms with van der Waals surface area (Å²) in [5, 5.41) is 0. The minimum atomic E-state index is -0.176. The van der Waals surface area contributed by atoms with E-state index in [1.807, 2.05) is 18.2 Å². The van der Waals surface area contributed by atoms with Gasteiger partial charge in [-0.05, 0) is 18.2 Å². The Morgan fingerprint density at radius 1 is 1.58 bits per heavy atom. The van der Waals surface area contributed by atoms with E-state index in [-0.39, 0.29) is 6.04 Å². The first-order valence-corrected chi connectivity index (χ1v) is 3.83. The van der Waals surface area contributed by atoms with E-state index in [0.29, 0.717) is 6.54 Å². The zero-order valence-corrected chi connectivity index (χ0v) is 6.90. The Bertz CT molecular complexity index is 270. The van der Waals surface area contributed by atoms with Gasteiger partial charge in [-0.25, -0.2) is 0 Å². The molecule has 1 rings (SSSR count). The van der Waals surface area contributed by atoms with Gasteiger partial charge in [0.2, 0.25) is 0 Å². The van der Waals surface area contributed by atoms with Crippen molar-refractivity contribution < 1.29 is 0 Å². The van der Waals surface area contributed by atoms with Crippen LogP contribution in [0.1, 0.15) is 17.4 Å². The lowest BCUT2D eigenvalue weighted by atomic mass is 10.2. The van der Waals surface area contributed by atoms with Gasteiger partial charge in [0.1, 0.15) is 0 Å². The van der Waals surface area contributed by atoms with Crippen molar-refractivity contribution in [2.24, 2.45) is 11.5 Å². The number of rotatable bonds is 3. The molecule has 0 spiro atoms. The first-order valence-electron chi connectivity index (χ1n) is 3.83. The van der Waals surface area contributed by atoms with Gasteiger partial charge in [0.15, 0.2) is 0 Å². The van der Waals surface area contributed by atoms with Crippen LogP contribution in [0.4, 0.5) is 0 Å². The van der Waals surface area contributed by atoms with Crippen molar-refractivity contribution in [2.45, 2.75) is 6.04 Å². The molecule has 0 radical (unpaired) electrons. The molecule has 1 heterocycles. The fraction of sp³-hybridized carbons (Fsp3) is 0.222. The predicted molar refractivity (Wildman–Crippen MR) is 50.3 cm³/mol. The summed E-state index contributed by atoms with van der Waals surface area (Å²) in [6, 6.07) is 5.46. The van der Waals surface area contributed by atoms with E-state index in [1.165, 1.54) is 0 Å². The highest BCUT2D eigenvalue weighted by Gasteiger charge is 2.03. The standard InChI is InChI=1S/C9H13N3/c1-2-7-4-3-5-9(12-7)8(11)6-10/h2-5,8H,1,6,10-11H2. The summed E-state index contributed by atoms with van der Waals surface area (Å²) in [7, 11) is 0. The third-order valence-electron chi connectivity index (χ3n) is 1.64. The molecule has 0 saturated carbocycles. The molecule has 1 atom stereocenters. The van der Waals surface area contributed by atoms with E-state index in [1.54, 1.807) is 6.08 Å². The van der Waals surface area contributed by atoms with Gasteiger partial charge in [-0.3, -0.25) is 4.98 Å². The van der Waals surface area contributed by atoms with Gasteiger partial charge < -0.3 is 11.5 Å². The average Bonchev–Trinajstić information content (AvgIpc) is 2.17. The van der Waals surface area contributed by atoms with Crippen molar-refractivity contribution in [3.05, 3.63) is 36.2 Å². The number of pyridine rings is 1. The highest BCUT2D eigenvalue weighted by molar-refractivity contribution is 5.41. The number of nitrogens with two attached hydrogens (primary N) is 2. The van der Waals surface area contributed by atoms with Crippen molar-refractivity contribution >= 4 is 6.08 Å². The summed E-state index contributed by atoms with van der Waals surface area (Å²) in [5.74, 6) is 0. The van der Waals surface area contributed by atoms with Crippen LogP contribution >= 0.6 is 0 Å². The first-order chi connectivity index (χ1) is 5.77. The van der Waals surface area contributed by atoms with Crippen LogP contribution in [-0.4, -0.2) is 11.5 Å². The molecule has 0 saturated heterocycles. The molecule has 64 valence electrons. The molecule has 4 N–H and O–H groups in total. The molecule has 12 heavy (non-hydrogen) atoms. The van der Waals surface area contributed by atoms with Crippen LogP contribution in [0.5, 0.6) is 0 Å². The van der Waals surface area contributed by atoms with Gasteiger partial charge in [-0.1, -0.05) is 12.6 Å². The maximum atomic E-state index is 5.70. The first kappa shape index (κ1) is 8.90. The molecule has 0 bridgehead atoms. The predicted octanol–water partition coefficient (Wildman–Crippen LogP) is 0.683. The Morgan fingerprint density at radius 2 is 2.33 bits per heavy atom. The summed E-state index contributed by atoms with van der Waals surface area (Å²) in [5.41, 5.74) is 12.7. The van der Waals surface area contributed by atoms with Crippen LogP contribution < -0.4 is 11.5 Å². The van der Waals surface area contributed by atoms with Crippen LogP contribution in [0.15, 0.2) is 24.8 Å². The van der Waals surface area contributed by atoms with E-state index >= 15 is 0 Å². The van der Waals surface area contributed by atoms with Crippen molar-refractivity contribution in [1.82, 2.24) is 4.98 Å². The lowest BCUT2D eigenvalue weighted by Crippen LogP contribution is -2.21. The number of hydrogen-bond acceptors (Lipinski definition) is 3. The van der Waals surface area contributed by atoms with Gasteiger partial charge in [0, 0.05) is 6.54 Å². The van der Waals surface area contributed by atoms with E-state index < -0.39 is 0 Å². The molecule has 0 amide bonds. The molecule has 1 unspecified atom stereocenters. The van der Waals surface area contributed by atoms with Crippen LogP contribution in [-0.2, 0) is 0 Å². The highest BCUT2D eigenvalue weighted by Crippen LogP contribution is 2.06. The lowest BCUT2D eigenvalue weighted by Gasteiger charge is -2.07. The monoisotopic (exact) mass is 163 g/mol. The molecule has 1 aromatic rings. The van der Waals surface area contributed by atoms with E-state index in [4.69, 9.17) is 11.5 Å². The topological polar surface area (TPSA) is 64.9 Å². The minimum Gasteiger partial charge on any atom is -0.329 e. The van der Waals surface area contributed by atoms with Gasteiger partial charge in [0.25, 0.3) is 0 Å². The Labute approximate surface area is 72.1 Å². The van der Waals surface area contributed by atoms with Crippen molar-refractivity contribution in [1.29, 1.82) is 0 Å². The van der Waals surface area contributed by atoms with Crippen LogP contribution in [0, 0.1) is 0 Å². The summed E-state index contributed by atoms with van der Waals surface area (Å²) in [6.07, 6.45) is 1.69. The quantitative estimate of drug-likeness (QED) is 0.688. The summed E-state index contributed by atoms with van der Waals surface area (Å²) >= 11 is 0. The molecule has 3 heteroatoms. The van der Waals surface area contributed by atoms with Gasteiger partial charge in [-0.15, -0.1) is 0 Å². The normalized spacial score (nSPS) is 12.5. The molecule has 0 aliphatic carbocycles. The third kappa shape index (κ3) is 1.90. The Balaban J connectivity index is 2.93. The van der Waals surface area contributed by atoms with Crippen LogP contribution in [0.25, 0.3) is 6.08 Å². The second-order valence-corrected chi connectivity index (χ2v) is 2.53. The minimum absolute atomic E-state index is 0.176. The Morgan fingerprint density at radius 3 is 2.92 bits per heavy atom. The Kier molecular flexibility index (Phi) is 2.96. The smallest absolute Gasteiger partial charge is 0.0627 e. The molecule has 0 aliphatic rings. The maximum Gasteiger partial charge on any atom is 0.0627 e. The zero-order valence-electron chi connectivity index (χ0n) is 6.90. The molecule has 1 aromatic heterocycles. The second-order valence-electron chi connectivity index (χ2n) is 2.53. The van der Waals surface area contributed by atoms with Gasteiger partial charge in [-0.2, -0.15) is 0 Å². The van der Waals surface area contributed by atoms with Crippen LogP contribution in [0.2, 0.25) is 0 Å². The number of aromatic nitrogens is 1. The van der Waals surface area contributed by atoms with Gasteiger partial charge >= 0.3 is 0 Å². The SMILES string of the molecule is C=Cc1cccc(C(N)CN)n1. The van der Waals surface area contributed by atoms with Gasteiger partial charge in [0.05, 0.1) is 17.4 Å². The Hall–Kier alpha value is -1.19. The van der Waals surface area contributed by atoms with Crippen molar-refractivity contribution in [3.63, 3.8) is 0 Å². The molecular weight excluding hydrogens is 150 g/mol. The molecule has 0 aromatic carbocycles. The summed E-state index contributed by atoms with van der Waals surface area (Å²) < 4.78 is 0. The second kappa shape index (κ2) is 3.99. The lowest BCUT2D eigenvalue weighted by molar-refractivity contribution is 0.710.